The zero-order valence-electron chi connectivity index (χ0n) is 18.9. The number of ether oxygens (including phenoxy) is 2. The van der Waals surface area contributed by atoms with E-state index in [0.29, 0.717) is 41.9 Å². The number of hydrogen-bond acceptors (Lipinski definition) is 6. The van der Waals surface area contributed by atoms with Gasteiger partial charge in [0.2, 0.25) is 5.76 Å². The van der Waals surface area contributed by atoms with Crippen LogP contribution in [0, 0.1) is 0 Å². The second-order valence-electron chi connectivity index (χ2n) is 8.31. The molecule has 2 heterocycles. The van der Waals surface area contributed by atoms with Crippen LogP contribution in [0.3, 0.4) is 0 Å². The van der Waals surface area contributed by atoms with Crippen molar-refractivity contribution < 1.29 is 23.5 Å². The second-order valence-corrected chi connectivity index (χ2v) is 9.23. The van der Waals surface area contributed by atoms with Crippen molar-refractivity contribution in [2.45, 2.75) is 32.4 Å². The van der Waals surface area contributed by atoms with Crippen LogP contribution in [0.2, 0.25) is 0 Å². The molecule has 0 aliphatic carbocycles. The molecule has 2 N–H and O–H groups in total. The fourth-order valence-electron chi connectivity index (χ4n) is 4.02. The van der Waals surface area contributed by atoms with Crippen molar-refractivity contribution in [3.8, 4) is 5.75 Å². The largest absolute Gasteiger partial charge is 0.484 e. The molecule has 9 heteroatoms. The summed E-state index contributed by atoms with van der Waals surface area (Å²) >= 11 is 3.40. The molecular formula is C25H25BrN2O6. The van der Waals surface area contributed by atoms with E-state index in [4.69, 9.17) is 19.6 Å². The van der Waals surface area contributed by atoms with E-state index in [2.05, 4.69) is 15.9 Å². The van der Waals surface area contributed by atoms with Crippen LogP contribution in [0.4, 0.5) is 0 Å². The minimum Gasteiger partial charge on any atom is -0.484 e. The average Bonchev–Trinajstić information content (AvgIpc) is 3.08. The quantitative estimate of drug-likeness (QED) is 0.423. The molecule has 34 heavy (non-hydrogen) atoms. The molecule has 0 saturated heterocycles. The van der Waals surface area contributed by atoms with Crippen molar-refractivity contribution in [2.24, 2.45) is 5.73 Å². The van der Waals surface area contributed by atoms with E-state index >= 15 is 0 Å². The first-order valence-electron chi connectivity index (χ1n) is 11.0. The van der Waals surface area contributed by atoms with Crippen LogP contribution in [0.5, 0.6) is 5.75 Å². The smallest absolute Gasteiger partial charge is 0.290 e. The van der Waals surface area contributed by atoms with Gasteiger partial charge >= 0.3 is 0 Å². The minimum atomic E-state index is -0.619. The second kappa shape index (κ2) is 9.99. The molecule has 4 rings (SSSR count). The number of rotatable bonds is 9. The fourth-order valence-corrected chi connectivity index (χ4v) is 4.39. The van der Waals surface area contributed by atoms with Crippen LogP contribution in [-0.2, 0) is 9.53 Å². The van der Waals surface area contributed by atoms with E-state index in [1.165, 1.54) is 0 Å². The Morgan fingerprint density at radius 1 is 1.18 bits per heavy atom. The summed E-state index contributed by atoms with van der Waals surface area (Å²) in [6, 6.07) is 11.4. The predicted molar refractivity (Wildman–Crippen MR) is 130 cm³/mol. The Kier molecular flexibility index (Phi) is 7.04. The summed E-state index contributed by atoms with van der Waals surface area (Å²) in [5, 5.41) is 0.400. The molecule has 3 aromatic rings. The highest BCUT2D eigenvalue weighted by Crippen LogP contribution is 2.39. The zero-order valence-corrected chi connectivity index (χ0v) is 20.5. The van der Waals surface area contributed by atoms with Gasteiger partial charge in [0.15, 0.2) is 12.0 Å². The van der Waals surface area contributed by atoms with Gasteiger partial charge in [0.25, 0.3) is 11.8 Å². The highest BCUT2D eigenvalue weighted by Gasteiger charge is 2.42. The molecule has 8 nitrogen and oxygen atoms in total. The Balaban J connectivity index is 1.75. The van der Waals surface area contributed by atoms with Crippen LogP contribution in [-0.4, -0.2) is 42.6 Å². The normalized spacial score (nSPS) is 15.2. The fraction of sp³-hybridized carbons (Fsp3) is 0.320. The number of hydrogen-bond donors (Lipinski definition) is 1. The van der Waals surface area contributed by atoms with Gasteiger partial charge in [-0.1, -0.05) is 28.1 Å². The van der Waals surface area contributed by atoms with Crippen molar-refractivity contribution in [1.29, 1.82) is 0 Å². The maximum absolute atomic E-state index is 13.6. The first-order valence-corrected chi connectivity index (χ1v) is 11.8. The predicted octanol–water partition coefficient (Wildman–Crippen LogP) is 3.78. The lowest BCUT2D eigenvalue weighted by Crippen LogP contribution is -2.31. The van der Waals surface area contributed by atoms with Gasteiger partial charge in [-0.05, 0) is 56.2 Å². The molecule has 1 atom stereocenters. The summed E-state index contributed by atoms with van der Waals surface area (Å²) in [6.07, 6.45) is 0.690. The van der Waals surface area contributed by atoms with Crippen molar-refractivity contribution in [2.75, 3.05) is 19.8 Å². The van der Waals surface area contributed by atoms with Crippen molar-refractivity contribution in [3.05, 3.63) is 74.0 Å². The van der Waals surface area contributed by atoms with Gasteiger partial charge in [-0.2, -0.15) is 0 Å². The summed E-state index contributed by atoms with van der Waals surface area (Å²) in [4.78, 5) is 39.6. The molecule has 0 saturated carbocycles. The van der Waals surface area contributed by atoms with Gasteiger partial charge in [0.05, 0.1) is 23.1 Å². The summed E-state index contributed by atoms with van der Waals surface area (Å²) in [5.41, 5.74) is 6.29. The third kappa shape index (κ3) is 4.85. The number of carbonyl (C=O) groups is 2. The Hall–Kier alpha value is -3.17. The minimum absolute atomic E-state index is 0.0589. The molecule has 2 amide bonds. The molecule has 0 radical (unpaired) electrons. The monoisotopic (exact) mass is 528 g/mol. The van der Waals surface area contributed by atoms with E-state index < -0.39 is 11.9 Å². The molecule has 1 aliphatic heterocycles. The van der Waals surface area contributed by atoms with Gasteiger partial charge in [0.1, 0.15) is 11.3 Å². The van der Waals surface area contributed by atoms with Gasteiger partial charge < -0.3 is 24.5 Å². The molecule has 178 valence electrons. The maximum Gasteiger partial charge on any atom is 0.290 e. The van der Waals surface area contributed by atoms with Crippen molar-refractivity contribution in [3.63, 3.8) is 0 Å². The molecule has 2 aromatic carbocycles. The van der Waals surface area contributed by atoms with E-state index in [-0.39, 0.29) is 29.8 Å². The molecule has 1 aromatic heterocycles. The number of nitrogens with zero attached hydrogens (tertiary/aromatic N) is 1. The highest BCUT2D eigenvalue weighted by atomic mass is 79.9. The Bertz CT molecular complexity index is 1290. The Morgan fingerprint density at radius 3 is 2.59 bits per heavy atom. The molecule has 1 aliphatic rings. The lowest BCUT2D eigenvalue weighted by Gasteiger charge is -2.25. The molecule has 0 bridgehead atoms. The number of amides is 2. The third-order valence-corrected chi connectivity index (χ3v) is 5.99. The SMILES string of the molecule is CC(C)OCCCN1C(=O)c2oc3ccc(Br)cc3c(=O)c2C1c1ccc(OCC(N)=O)cc1. The summed E-state index contributed by atoms with van der Waals surface area (Å²) in [5.74, 6) is -0.396. The van der Waals surface area contributed by atoms with Crippen LogP contribution < -0.4 is 15.9 Å². The van der Waals surface area contributed by atoms with E-state index in [1.54, 1.807) is 47.4 Å². The first-order chi connectivity index (χ1) is 16.3. The first kappa shape index (κ1) is 24.0. The lowest BCUT2D eigenvalue weighted by atomic mass is 9.98. The number of primary amides is 1. The van der Waals surface area contributed by atoms with Crippen molar-refractivity contribution >= 4 is 38.7 Å². The topological polar surface area (TPSA) is 112 Å². The summed E-state index contributed by atoms with van der Waals surface area (Å²) < 4.78 is 17.7. The summed E-state index contributed by atoms with van der Waals surface area (Å²) in [6.45, 7) is 4.54. The maximum atomic E-state index is 13.6. The van der Waals surface area contributed by atoms with Gasteiger partial charge in [-0.15, -0.1) is 0 Å². The van der Waals surface area contributed by atoms with E-state index in [0.717, 1.165) is 10.0 Å². The summed E-state index contributed by atoms with van der Waals surface area (Å²) in [7, 11) is 0. The van der Waals surface area contributed by atoms with E-state index in [1.807, 2.05) is 13.8 Å². The highest BCUT2D eigenvalue weighted by molar-refractivity contribution is 9.10. The van der Waals surface area contributed by atoms with Crippen LogP contribution >= 0.6 is 15.9 Å². The average molecular weight is 529 g/mol. The lowest BCUT2D eigenvalue weighted by molar-refractivity contribution is -0.119. The van der Waals surface area contributed by atoms with Crippen molar-refractivity contribution in [1.82, 2.24) is 4.90 Å². The number of halogens is 1. The van der Waals surface area contributed by atoms with Gasteiger partial charge in [0, 0.05) is 17.6 Å². The molecular weight excluding hydrogens is 504 g/mol. The number of nitrogens with two attached hydrogens (primary N) is 1. The van der Waals surface area contributed by atoms with E-state index in [9.17, 15) is 14.4 Å². The van der Waals surface area contributed by atoms with Crippen LogP contribution in [0.1, 0.15) is 48.0 Å². The van der Waals surface area contributed by atoms with Gasteiger partial charge in [-0.3, -0.25) is 14.4 Å². The standard InChI is InChI=1S/C25H25BrN2O6/c1-14(2)32-11-3-10-28-22(15-4-7-17(8-5-15)33-13-20(27)29)21-23(30)18-12-16(26)6-9-19(18)34-24(21)25(28)31/h4-9,12,14,22H,3,10-11,13H2,1-2H3,(H2,27,29). The molecule has 0 spiro atoms. The number of benzene rings is 2. The number of carbonyl (C=O) groups excluding carboxylic acids is 2. The third-order valence-electron chi connectivity index (χ3n) is 5.50. The Labute approximate surface area is 204 Å². The van der Waals surface area contributed by atoms with Crippen LogP contribution in [0.15, 0.2) is 56.1 Å². The zero-order chi connectivity index (χ0) is 24.4. The molecule has 0 fully saturated rings. The van der Waals surface area contributed by atoms with Crippen LogP contribution in [0.25, 0.3) is 11.0 Å². The number of fused-ring (bicyclic) bond motifs is 2. The Morgan fingerprint density at radius 2 is 1.91 bits per heavy atom. The molecule has 1 unspecified atom stereocenters. The van der Waals surface area contributed by atoms with Gasteiger partial charge in [-0.25, -0.2) is 0 Å².